The number of carboxylic acid groups (broad SMARTS) is 1. The summed E-state index contributed by atoms with van der Waals surface area (Å²) in [4.78, 5) is 57.9. The van der Waals surface area contributed by atoms with Crippen molar-refractivity contribution < 1.29 is 38.9 Å². The van der Waals surface area contributed by atoms with Crippen LogP contribution in [-0.2, 0) is 19.1 Å². The molecule has 0 radical (unpaired) electrons. The first-order valence-corrected chi connectivity index (χ1v) is 5.67. The van der Waals surface area contributed by atoms with Gasteiger partial charge in [0, 0.05) is 0 Å². The molecule has 0 fully saturated rings. The Bertz CT molecular complexity index is 279. The number of hydrogen-bond acceptors (Lipinski definition) is 7. The number of carboxylic acids is 1. The molecule has 88 valence electrons. The van der Waals surface area contributed by atoms with Crippen LogP contribution in [0, 0.1) is 0 Å². The van der Waals surface area contributed by atoms with E-state index < -0.39 is 37.9 Å². The first-order chi connectivity index (χ1) is 6.64. The second-order valence-electron chi connectivity index (χ2n) is 2.75. The molecule has 0 rings (SSSR count). The number of ether oxygens (including phenoxy) is 1. The summed E-state index contributed by atoms with van der Waals surface area (Å²) >= 11 is 0. The number of aliphatic carboxylic acids is 1. The fourth-order valence-electron chi connectivity index (χ4n) is 0.766. The Hall–Kier alpha value is -1.08. The summed E-state index contributed by atoms with van der Waals surface area (Å²) in [6.07, 6.45) is -1.03. The van der Waals surface area contributed by atoms with E-state index in [0.717, 1.165) is 6.92 Å². The average Bonchev–Trinajstić information content (AvgIpc) is 1.95. The maximum absolute atomic E-state index is 11.0. The summed E-state index contributed by atoms with van der Waals surface area (Å²) in [6.45, 7) is 0.880. The van der Waals surface area contributed by atoms with Crippen LogP contribution in [0.2, 0.25) is 0 Å². The molecule has 0 aromatic heterocycles. The van der Waals surface area contributed by atoms with Crippen LogP contribution >= 0.6 is 7.94 Å². The van der Waals surface area contributed by atoms with Crippen molar-refractivity contribution >= 4 is 25.9 Å². The van der Waals surface area contributed by atoms with Gasteiger partial charge in [-0.05, 0) is 0 Å². The first-order valence-electron chi connectivity index (χ1n) is 3.75. The van der Waals surface area contributed by atoms with Crippen LogP contribution in [0.5, 0.6) is 0 Å². The van der Waals surface area contributed by atoms with Crippen LogP contribution in [0.3, 0.4) is 0 Å². The minimum absolute atomic E-state index is 0.880. The third-order valence-corrected chi connectivity index (χ3v) is 2.75. The van der Waals surface area contributed by atoms with Gasteiger partial charge in [-0.2, -0.15) is 0 Å². The van der Waals surface area contributed by atoms with Crippen molar-refractivity contribution in [3.05, 3.63) is 0 Å². The van der Waals surface area contributed by atoms with Crippen molar-refractivity contribution in [3.63, 3.8) is 0 Å². The third kappa shape index (κ3) is 5.38. The van der Waals surface area contributed by atoms with Crippen molar-refractivity contribution in [2.75, 3.05) is 0 Å². The summed E-state index contributed by atoms with van der Waals surface area (Å²) < 4.78 is 3.95. The summed E-state index contributed by atoms with van der Waals surface area (Å²) in [5.41, 5.74) is -2.01. The quantitative estimate of drug-likeness (QED) is 0.262. The van der Waals surface area contributed by atoms with Gasteiger partial charge >= 0.3 is 83.8 Å². The third-order valence-electron chi connectivity index (χ3n) is 1.38. The Kier molecular flexibility index (Phi) is 4.76. The molecule has 1 atom stereocenters. The van der Waals surface area contributed by atoms with E-state index in [-0.39, 0.29) is 0 Å². The van der Waals surface area contributed by atoms with E-state index in [1.807, 2.05) is 0 Å². The van der Waals surface area contributed by atoms with Gasteiger partial charge in [-0.1, -0.05) is 0 Å². The standard InChI is InChI=1S/C6H11O8P/c1-3(7)14-6(10)4(2-5(8)9)15(11,12)13/h4,11-13,15H,2H2,1H3,(H,8,9). The molecular formula is C6H11O8P. The van der Waals surface area contributed by atoms with Gasteiger partial charge in [0.05, 0.1) is 0 Å². The van der Waals surface area contributed by atoms with Crippen LogP contribution in [0.25, 0.3) is 0 Å². The SMILES string of the molecule is CC(=O)OC(=O)C(CC(=O)O)[PH](O)(O)O. The van der Waals surface area contributed by atoms with Gasteiger partial charge in [0.1, 0.15) is 0 Å². The Morgan fingerprint density at radius 3 is 2.00 bits per heavy atom. The van der Waals surface area contributed by atoms with Crippen LogP contribution < -0.4 is 0 Å². The zero-order chi connectivity index (χ0) is 12.2. The number of esters is 2. The van der Waals surface area contributed by atoms with E-state index in [2.05, 4.69) is 4.74 Å². The number of carbonyl (C=O) groups excluding carboxylic acids is 2. The first kappa shape index (κ1) is 13.9. The predicted octanol–water partition coefficient (Wildman–Crippen LogP) is -1.61. The van der Waals surface area contributed by atoms with Crippen molar-refractivity contribution in [1.29, 1.82) is 0 Å². The molecule has 0 aromatic rings. The van der Waals surface area contributed by atoms with E-state index in [9.17, 15) is 14.4 Å². The number of rotatable bonds is 4. The van der Waals surface area contributed by atoms with Gasteiger partial charge in [-0.25, -0.2) is 0 Å². The van der Waals surface area contributed by atoms with Crippen LogP contribution in [-0.4, -0.2) is 43.4 Å². The summed E-state index contributed by atoms with van der Waals surface area (Å²) in [7, 11) is -4.99. The normalized spacial score (nSPS) is 14.1. The van der Waals surface area contributed by atoms with E-state index in [1.54, 1.807) is 0 Å². The fourth-order valence-corrected chi connectivity index (χ4v) is 1.59. The molecule has 9 heteroatoms. The van der Waals surface area contributed by atoms with E-state index >= 15 is 0 Å². The van der Waals surface area contributed by atoms with E-state index in [4.69, 9.17) is 19.8 Å². The molecule has 15 heavy (non-hydrogen) atoms. The van der Waals surface area contributed by atoms with Gasteiger partial charge < -0.3 is 0 Å². The van der Waals surface area contributed by atoms with E-state index in [1.165, 1.54) is 0 Å². The van der Waals surface area contributed by atoms with Gasteiger partial charge in [-0.15, -0.1) is 0 Å². The van der Waals surface area contributed by atoms with Crippen LogP contribution in [0.15, 0.2) is 0 Å². The maximum atomic E-state index is 11.0. The number of carbonyl (C=O) groups is 3. The monoisotopic (exact) mass is 242 g/mol. The minimum atomic E-state index is -4.99. The Balaban J connectivity index is 4.71. The molecule has 4 N–H and O–H groups in total. The summed E-state index contributed by atoms with van der Waals surface area (Å²) in [5.74, 6) is -4.03. The zero-order valence-corrected chi connectivity index (χ0v) is 8.71. The average molecular weight is 242 g/mol. The van der Waals surface area contributed by atoms with Crippen LogP contribution in [0.1, 0.15) is 13.3 Å². The topological polar surface area (TPSA) is 141 Å². The van der Waals surface area contributed by atoms with Gasteiger partial charge in [0.25, 0.3) is 0 Å². The second kappa shape index (κ2) is 5.13. The predicted molar refractivity (Wildman–Crippen MR) is 47.8 cm³/mol. The molecule has 0 aliphatic heterocycles. The van der Waals surface area contributed by atoms with Crippen LogP contribution in [0.4, 0.5) is 0 Å². The molecule has 8 nitrogen and oxygen atoms in total. The molecule has 0 bridgehead atoms. The second-order valence-corrected chi connectivity index (χ2v) is 4.82. The Morgan fingerprint density at radius 1 is 1.27 bits per heavy atom. The molecule has 0 heterocycles. The molecule has 0 saturated heterocycles. The van der Waals surface area contributed by atoms with Crippen molar-refractivity contribution in [3.8, 4) is 0 Å². The van der Waals surface area contributed by atoms with Crippen molar-refractivity contribution in [1.82, 2.24) is 0 Å². The van der Waals surface area contributed by atoms with Crippen molar-refractivity contribution in [2.45, 2.75) is 19.0 Å². The molecular weight excluding hydrogens is 231 g/mol. The molecule has 1 unspecified atom stereocenters. The summed E-state index contributed by atoms with van der Waals surface area (Å²) in [5, 5.41) is 8.33. The molecule has 0 aliphatic carbocycles. The Morgan fingerprint density at radius 2 is 1.73 bits per heavy atom. The Labute approximate surface area is 84.7 Å². The van der Waals surface area contributed by atoms with Gasteiger partial charge in [0.2, 0.25) is 0 Å². The summed E-state index contributed by atoms with van der Waals surface area (Å²) in [6, 6.07) is 0. The molecule has 0 aromatic carbocycles. The molecule has 0 spiro atoms. The van der Waals surface area contributed by atoms with Gasteiger partial charge in [-0.3, -0.25) is 0 Å². The van der Waals surface area contributed by atoms with Gasteiger partial charge in [0.15, 0.2) is 0 Å². The van der Waals surface area contributed by atoms with E-state index in [0.29, 0.717) is 0 Å². The zero-order valence-electron chi connectivity index (χ0n) is 7.71. The fraction of sp³-hybridized carbons (Fsp3) is 0.500. The number of hydrogen-bond donors (Lipinski definition) is 4. The molecule has 0 saturated carbocycles. The molecule has 0 aliphatic rings. The van der Waals surface area contributed by atoms with Crippen molar-refractivity contribution in [2.24, 2.45) is 0 Å². The molecule has 0 amide bonds.